The fourth-order valence-electron chi connectivity index (χ4n) is 2.73. The van der Waals surface area contributed by atoms with Crippen LogP contribution in [0, 0.1) is 0 Å². The first-order chi connectivity index (χ1) is 11.6. The third-order valence-electron chi connectivity index (χ3n) is 3.83. The summed E-state index contributed by atoms with van der Waals surface area (Å²) in [4.78, 5) is 16.6. The van der Waals surface area contributed by atoms with Crippen LogP contribution in [0.25, 0.3) is 10.9 Å². The molecule has 1 aromatic heterocycles. The lowest BCUT2D eigenvalue weighted by molar-refractivity contribution is -0.146. The molecule has 0 aliphatic carbocycles. The van der Waals surface area contributed by atoms with E-state index in [4.69, 9.17) is 4.74 Å². The molecule has 24 heavy (non-hydrogen) atoms. The van der Waals surface area contributed by atoms with Crippen molar-refractivity contribution in [2.45, 2.75) is 17.9 Å². The second kappa shape index (κ2) is 7.08. The van der Waals surface area contributed by atoms with Gasteiger partial charge < -0.3 is 4.74 Å². The van der Waals surface area contributed by atoms with Gasteiger partial charge in [-0.3, -0.25) is 9.78 Å². The van der Waals surface area contributed by atoms with Gasteiger partial charge in [-0.2, -0.15) is 16.1 Å². The Balaban J connectivity index is 2.06. The van der Waals surface area contributed by atoms with Crippen LogP contribution in [0.2, 0.25) is 0 Å². The van der Waals surface area contributed by atoms with Gasteiger partial charge in [-0.15, -0.1) is 0 Å². The summed E-state index contributed by atoms with van der Waals surface area (Å²) in [6, 6.07) is 7.64. The Kier molecular flexibility index (Phi) is 5.07. The molecule has 1 atom stereocenters. The standard InChI is InChI=1S/C16H18N2O4S2/c1-2-22-16(19)14-11-23-10-9-18(14)24(20,21)15-7-3-6-13-12(15)5-4-8-17-13/h3-8,14H,2,9-11H2,1H3. The molecule has 8 heteroatoms. The van der Waals surface area contributed by atoms with Gasteiger partial charge in [0.15, 0.2) is 0 Å². The van der Waals surface area contributed by atoms with Crippen molar-refractivity contribution in [3.63, 3.8) is 0 Å². The van der Waals surface area contributed by atoms with Gasteiger partial charge in [-0.25, -0.2) is 8.42 Å². The number of ether oxygens (including phenoxy) is 1. The number of rotatable bonds is 4. The van der Waals surface area contributed by atoms with Crippen molar-refractivity contribution in [1.82, 2.24) is 9.29 Å². The van der Waals surface area contributed by atoms with Crippen LogP contribution in [-0.4, -0.2) is 54.4 Å². The van der Waals surface area contributed by atoms with E-state index in [1.54, 1.807) is 55.2 Å². The molecule has 1 aliphatic rings. The molecule has 128 valence electrons. The number of benzene rings is 1. The lowest BCUT2D eigenvalue weighted by atomic mass is 10.2. The average molecular weight is 366 g/mol. The Bertz CT molecular complexity index is 849. The number of aromatic nitrogens is 1. The number of pyridine rings is 1. The first-order valence-electron chi connectivity index (χ1n) is 7.65. The zero-order valence-corrected chi connectivity index (χ0v) is 14.8. The predicted molar refractivity (Wildman–Crippen MR) is 93.4 cm³/mol. The molecule has 1 saturated heterocycles. The van der Waals surface area contributed by atoms with Crippen molar-refractivity contribution >= 4 is 38.7 Å². The van der Waals surface area contributed by atoms with E-state index in [1.807, 2.05) is 0 Å². The summed E-state index contributed by atoms with van der Waals surface area (Å²) in [7, 11) is -3.82. The topological polar surface area (TPSA) is 76.6 Å². The zero-order chi connectivity index (χ0) is 17.2. The Morgan fingerprint density at radius 1 is 1.38 bits per heavy atom. The Morgan fingerprint density at radius 3 is 3.00 bits per heavy atom. The fraction of sp³-hybridized carbons (Fsp3) is 0.375. The van der Waals surface area contributed by atoms with Crippen molar-refractivity contribution < 1.29 is 17.9 Å². The van der Waals surface area contributed by atoms with Crippen LogP contribution in [0.5, 0.6) is 0 Å². The van der Waals surface area contributed by atoms with E-state index in [-0.39, 0.29) is 18.0 Å². The Labute approximate surface area is 145 Å². The number of thioether (sulfide) groups is 1. The van der Waals surface area contributed by atoms with Crippen LogP contribution in [0.4, 0.5) is 0 Å². The highest BCUT2D eigenvalue weighted by atomic mass is 32.2. The predicted octanol–water partition coefficient (Wildman–Crippen LogP) is 1.90. The molecule has 3 rings (SSSR count). The molecule has 1 aliphatic heterocycles. The van der Waals surface area contributed by atoms with Crippen LogP contribution in [0.3, 0.4) is 0 Å². The Hall–Kier alpha value is -1.64. The van der Waals surface area contributed by atoms with Crippen LogP contribution in [0.15, 0.2) is 41.4 Å². The van der Waals surface area contributed by atoms with Crippen LogP contribution < -0.4 is 0 Å². The second-order valence-corrected chi connectivity index (χ2v) is 8.29. The number of sulfonamides is 1. The van der Waals surface area contributed by atoms with E-state index < -0.39 is 22.0 Å². The number of nitrogens with zero attached hydrogens (tertiary/aromatic N) is 2. The maximum atomic E-state index is 13.2. The average Bonchev–Trinajstić information content (AvgIpc) is 2.61. The minimum Gasteiger partial charge on any atom is -0.465 e. The highest BCUT2D eigenvalue weighted by molar-refractivity contribution is 7.99. The van der Waals surface area contributed by atoms with Crippen LogP contribution in [-0.2, 0) is 19.6 Å². The molecule has 0 N–H and O–H groups in total. The highest BCUT2D eigenvalue weighted by Gasteiger charge is 2.39. The highest BCUT2D eigenvalue weighted by Crippen LogP contribution is 2.29. The van der Waals surface area contributed by atoms with Gasteiger partial charge in [-0.1, -0.05) is 6.07 Å². The summed E-state index contributed by atoms with van der Waals surface area (Å²) in [6.07, 6.45) is 1.62. The van der Waals surface area contributed by atoms with Gasteiger partial charge in [0.1, 0.15) is 6.04 Å². The molecule has 6 nitrogen and oxygen atoms in total. The lowest BCUT2D eigenvalue weighted by Gasteiger charge is -2.32. The molecule has 1 aromatic carbocycles. The first-order valence-corrected chi connectivity index (χ1v) is 10.2. The van der Waals surface area contributed by atoms with Crippen molar-refractivity contribution in [2.24, 2.45) is 0 Å². The smallest absolute Gasteiger partial charge is 0.325 e. The molecule has 0 saturated carbocycles. The summed E-state index contributed by atoms with van der Waals surface area (Å²) in [5.41, 5.74) is 0.609. The molecule has 2 aromatic rings. The molecule has 1 fully saturated rings. The molecule has 0 bridgehead atoms. The van der Waals surface area contributed by atoms with E-state index in [0.29, 0.717) is 22.4 Å². The largest absolute Gasteiger partial charge is 0.465 e. The summed E-state index contributed by atoms with van der Waals surface area (Å²) < 4.78 is 32.7. The molecule has 2 heterocycles. The molecule has 0 spiro atoms. The third-order valence-corrected chi connectivity index (χ3v) is 6.82. The van der Waals surface area contributed by atoms with Crippen LogP contribution in [0.1, 0.15) is 6.92 Å². The van der Waals surface area contributed by atoms with E-state index in [0.717, 1.165) is 0 Å². The minimum atomic E-state index is -3.82. The quantitative estimate of drug-likeness (QED) is 0.769. The first kappa shape index (κ1) is 17.2. The number of esters is 1. The lowest BCUT2D eigenvalue weighted by Crippen LogP contribution is -2.50. The van der Waals surface area contributed by atoms with Crippen molar-refractivity contribution in [3.8, 4) is 0 Å². The summed E-state index contributed by atoms with van der Waals surface area (Å²) >= 11 is 1.56. The number of hydrogen-bond acceptors (Lipinski definition) is 6. The van der Waals surface area contributed by atoms with Gasteiger partial charge in [0, 0.05) is 29.6 Å². The van der Waals surface area contributed by atoms with Gasteiger partial charge >= 0.3 is 5.97 Å². The molecular weight excluding hydrogens is 348 g/mol. The molecule has 1 unspecified atom stereocenters. The molecule has 0 amide bonds. The number of carbonyl (C=O) groups is 1. The van der Waals surface area contributed by atoms with E-state index >= 15 is 0 Å². The van der Waals surface area contributed by atoms with Crippen molar-refractivity contribution in [3.05, 3.63) is 36.5 Å². The van der Waals surface area contributed by atoms with Crippen molar-refractivity contribution in [2.75, 3.05) is 24.7 Å². The van der Waals surface area contributed by atoms with E-state index in [1.165, 1.54) is 4.31 Å². The van der Waals surface area contributed by atoms with Crippen LogP contribution >= 0.6 is 11.8 Å². The zero-order valence-electron chi connectivity index (χ0n) is 13.2. The monoisotopic (exact) mass is 366 g/mol. The third kappa shape index (κ3) is 3.13. The number of fused-ring (bicyclic) bond motifs is 1. The summed E-state index contributed by atoms with van der Waals surface area (Å²) in [6.45, 7) is 2.22. The Morgan fingerprint density at radius 2 is 2.21 bits per heavy atom. The molecule has 0 radical (unpaired) electrons. The van der Waals surface area contributed by atoms with E-state index in [9.17, 15) is 13.2 Å². The minimum absolute atomic E-state index is 0.175. The maximum absolute atomic E-state index is 13.2. The van der Waals surface area contributed by atoms with Crippen molar-refractivity contribution in [1.29, 1.82) is 0 Å². The second-order valence-electron chi connectivity index (χ2n) is 5.28. The van der Waals surface area contributed by atoms with Gasteiger partial charge in [-0.05, 0) is 31.2 Å². The molecular formula is C16H18N2O4S2. The van der Waals surface area contributed by atoms with E-state index in [2.05, 4.69) is 4.98 Å². The summed E-state index contributed by atoms with van der Waals surface area (Å²) in [5.74, 6) is 0.561. The number of hydrogen-bond donors (Lipinski definition) is 0. The summed E-state index contributed by atoms with van der Waals surface area (Å²) in [5, 5.41) is 0.556. The maximum Gasteiger partial charge on any atom is 0.325 e. The fourth-order valence-corrected chi connectivity index (χ4v) is 5.75. The normalized spacial score (nSPS) is 19.3. The van der Waals surface area contributed by atoms with Gasteiger partial charge in [0.05, 0.1) is 17.0 Å². The number of carbonyl (C=O) groups excluding carboxylic acids is 1. The SMILES string of the molecule is CCOC(=O)C1CSCCN1S(=O)(=O)c1cccc2ncccc12. The van der Waals surface area contributed by atoms with Gasteiger partial charge in [0.25, 0.3) is 0 Å². The van der Waals surface area contributed by atoms with Gasteiger partial charge in [0.2, 0.25) is 10.0 Å².